The van der Waals surface area contributed by atoms with Crippen molar-refractivity contribution in [2.45, 2.75) is 25.4 Å². The van der Waals surface area contributed by atoms with Gasteiger partial charge in [0.25, 0.3) is 0 Å². The molecule has 0 radical (unpaired) electrons. The average molecular weight is 257 g/mol. The lowest BCUT2D eigenvalue weighted by atomic mass is 10.0. The predicted molar refractivity (Wildman–Crippen MR) is 64.2 cm³/mol. The van der Waals surface area contributed by atoms with E-state index in [9.17, 15) is 15.0 Å². The Morgan fingerprint density at radius 3 is 2.61 bits per heavy atom. The van der Waals surface area contributed by atoms with Gasteiger partial charge in [-0.1, -0.05) is 0 Å². The van der Waals surface area contributed by atoms with Crippen molar-refractivity contribution in [3.63, 3.8) is 0 Å². The molecule has 0 aliphatic carbocycles. The molecule has 1 atom stereocenters. The molecule has 0 bridgehead atoms. The van der Waals surface area contributed by atoms with Gasteiger partial charge in [0.1, 0.15) is 5.76 Å². The third-order valence-corrected chi connectivity index (χ3v) is 2.70. The van der Waals surface area contributed by atoms with Gasteiger partial charge < -0.3 is 19.4 Å². The maximum absolute atomic E-state index is 11.2. The topological polar surface area (TPSA) is 91.9 Å². The molecule has 0 saturated heterocycles. The smallest absolute Gasteiger partial charge is 0.373 e. The molecule has 0 amide bonds. The van der Waals surface area contributed by atoms with Gasteiger partial charge in [-0.25, -0.2) is 4.79 Å². The molecule has 0 spiro atoms. The first-order valence-electron chi connectivity index (χ1n) is 5.63. The number of hydrogen-bond acceptors (Lipinski definition) is 6. The summed E-state index contributed by atoms with van der Waals surface area (Å²) in [6.07, 6.45) is 0. The van der Waals surface area contributed by atoms with Crippen LogP contribution in [0.15, 0.2) is 16.5 Å². The van der Waals surface area contributed by atoms with Crippen LogP contribution in [0, 0.1) is 0 Å². The number of ether oxygens (including phenoxy) is 1. The Hall–Kier alpha value is -1.37. The Labute approximate surface area is 106 Å². The third kappa shape index (κ3) is 3.32. The van der Waals surface area contributed by atoms with Gasteiger partial charge in [0.05, 0.1) is 31.9 Å². The number of nitrogens with one attached hydrogen (secondary N) is 1. The summed E-state index contributed by atoms with van der Waals surface area (Å²) in [5.74, 6) is 0.111. The van der Waals surface area contributed by atoms with Crippen LogP contribution in [0.5, 0.6) is 0 Å². The second kappa shape index (κ2) is 5.99. The third-order valence-electron chi connectivity index (χ3n) is 2.70. The number of aliphatic hydroxyl groups excluding tert-OH is 2. The molecular formula is C12H19NO5. The van der Waals surface area contributed by atoms with E-state index in [1.165, 1.54) is 13.2 Å². The van der Waals surface area contributed by atoms with Crippen LogP contribution in [-0.4, -0.2) is 42.0 Å². The molecule has 102 valence electrons. The van der Waals surface area contributed by atoms with E-state index in [-0.39, 0.29) is 25.0 Å². The lowest BCUT2D eigenvalue weighted by Gasteiger charge is -2.29. The molecule has 0 aromatic carbocycles. The molecule has 0 saturated carbocycles. The highest BCUT2D eigenvalue weighted by Gasteiger charge is 2.26. The molecule has 1 unspecified atom stereocenters. The van der Waals surface area contributed by atoms with Crippen molar-refractivity contribution in [2.24, 2.45) is 0 Å². The number of hydrogen-bond donors (Lipinski definition) is 3. The minimum Gasteiger partial charge on any atom is -0.463 e. The fourth-order valence-electron chi connectivity index (χ4n) is 1.53. The normalized spacial score (nSPS) is 13.4. The minimum atomic E-state index is -0.808. The van der Waals surface area contributed by atoms with Crippen LogP contribution in [0.1, 0.15) is 36.2 Å². The van der Waals surface area contributed by atoms with E-state index in [1.807, 2.05) is 6.92 Å². The van der Waals surface area contributed by atoms with E-state index in [4.69, 9.17) is 4.42 Å². The lowest BCUT2D eigenvalue weighted by molar-refractivity contribution is 0.0559. The van der Waals surface area contributed by atoms with Crippen LogP contribution in [0.4, 0.5) is 0 Å². The van der Waals surface area contributed by atoms with E-state index in [1.54, 1.807) is 13.0 Å². The van der Waals surface area contributed by atoms with E-state index < -0.39 is 11.5 Å². The summed E-state index contributed by atoms with van der Waals surface area (Å²) in [5.41, 5.74) is -0.808. The highest BCUT2D eigenvalue weighted by Crippen LogP contribution is 2.19. The highest BCUT2D eigenvalue weighted by molar-refractivity contribution is 5.86. The van der Waals surface area contributed by atoms with E-state index in [0.29, 0.717) is 5.76 Å². The number of aliphatic hydroxyl groups is 2. The summed E-state index contributed by atoms with van der Waals surface area (Å²) in [6.45, 7) is 3.08. The van der Waals surface area contributed by atoms with Gasteiger partial charge in [0, 0.05) is 0 Å². The van der Waals surface area contributed by atoms with Crippen molar-refractivity contribution in [1.82, 2.24) is 5.32 Å². The second-order valence-corrected chi connectivity index (χ2v) is 4.44. The first-order valence-corrected chi connectivity index (χ1v) is 5.63. The first-order chi connectivity index (χ1) is 8.45. The monoisotopic (exact) mass is 257 g/mol. The first kappa shape index (κ1) is 14.7. The molecule has 18 heavy (non-hydrogen) atoms. The van der Waals surface area contributed by atoms with Crippen LogP contribution < -0.4 is 5.32 Å². The Bertz CT molecular complexity index is 397. The Balaban J connectivity index is 2.75. The Morgan fingerprint density at radius 2 is 2.11 bits per heavy atom. The summed E-state index contributed by atoms with van der Waals surface area (Å²) in [4.78, 5) is 11.2. The number of esters is 1. The fraction of sp³-hybridized carbons (Fsp3) is 0.583. The van der Waals surface area contributed by atoms with Crippen LogP contribution in [0.3, 0.4) is 0 Å². The van der Waals surface area contributed by atoms with Crippen molar-refractivity contribution >= 4 is 5.97 Å². The molecule has 0 aliphatic heterocycles. The van der Waals surface area contributed by atoms with E-state index >= 15 is 0 Å². The Kier molecular flexibility index (Phi) is 4.89. The highest BCUT2D eigenvalue weighted by atomic mass is 16.5. The molecule has 1 rings (SSSR count). The molecule has 0 aliphatic rings. The van der Waals surface area contributed by atoms with Crippen LogP contribution in [0.2, 0.25) is 0 Å². The number of methoxy groups -OCH3 is 1. The van der Waals surface area contributed by atoms with Crippen LogP contribution in [-0.2, 0) is 4.74 Å². The van der Waals surface area contributed by atoms with Crippen molar-refractivity contribution < 1.29 is 24.2 Å². The zero-order valence-corrected chi connectivity index (χ0v) is 10.8. The fourth-order valence-corrected chi connectivity index (χ4v) is 1.53. The summed E-state index contributed by atoms with van der Waals surface area (Å²) in [7, 11) is 1.28. The average Bonchev–Trinajstić information content (AvgIpc) is 2.87. The maximum Gasteiger partial charge on any atom is 0.373 e. The van der Waals surface area contributed by atoms with Crippen molar-refractivity contribution in [1.29, 1.82) is 0 Å². The van der Waals surface area contributed by atoms with Crippen LogP contribution in [0.25, 0.3) is 0 Å². The summed E-state index contributed by atoms with van der Waals surface area (Å²) in [6, 6.07) is 2.92. The molecule has 3 N–H and O–H groups in total. The minimum absolute atomic E-state index is 0.121. The van der Waals surface area contributed by atoms with Gasteiger partial charge in [0.15, 0.2) is 0 Å². The summed E-state index contributed by atoms with van der Waals surface area (Å²) >= 11 is 0. The van der Waals surface area contributed by atoms with Gasteiger partial charge in [0.2, 0.25) is 5.76 Å². The van der Waals surface area contributed by atoms with E-state index in [2.05, 4.69) is 10.1 Å². The predicted octanol–water partition coefficient (Wildman–Crippen LogP) is 0.460. The maximum atomic E-state index is 11.2. The zero-order valence-electron chi connectivity index (χ0n) is 10.8. The number of rotatable bonds is 6. The Morgan fingerprint density at radius 1 is 1.50 bits per heavy atom. The van der Waals surface area contributed by atoms with Gasteiger partial charge in [-0.3, -0.25) is 5.32 Å². The molecule has 1 heterocycles. The molecule has 6 nitrogen and oxygen atoms in total. The summed E-state index contributed by atoms with van der Waals surface area (Å²) < 4.78 is 9.87. The van der Waals surface area contributed by atoms with Gasteiger partial charge >= 0.3 is 5.97 Å². The molecule has 0 fully saturated rings. The molecule has 6 heteroatoms. The largest absolute Gasteiger partial charge is 0.463 e. The SMILES string of the molecule is COC(=O)c1ccc(C(C)NC(C)(CO)CO)o1. The number of carbonyl (C=O) groups excluding carboxylic acids is 1. The zero-order chi connectivity index (χ0) is 13.8. The van der Waals surface area contributed by atoms with E-state index in [0.717, 1.165) is 0 Å². The summed E-state index contributed by atoms with van der Waals surface area (Å²) in [5, 5.41) is 21.4. The molecule has 1 aromatic heterocycles. The second-order valence-electron chi connectivity index (χ2n) is 4.44. The molecular weight excluding hydrogens is 238 g/mol. The van der Waals surface area contributed by atoms with Gasteiger partial charge in [-0.2, -0.15) is 0 Å². The lowest BCUT2D eigenvalue weighted by Crippen LogP contribution is -2.49. The van der Waals surface area contributed by atoms with Crippen molar-refractivity contribution in [3.8, 4) is 0 Å². The van der Waals surface area contributed by atoms with Crippen LogP contribution >= 0.6 is 0 Å². The van der Waals surface area contributed by atoms with Gasteiger partial charge in [-0.15, -0.1) is 0 Å². The van der Waals surface area contributed by atoms with Gasteiger partial charge in [-0.05, 0) is 26.0 Å². The number of furan rings is 1. The molecule has 1 aromatic rings. The standard InChI is InChI=1S/C12H19NO5/c1-8(13-12(2,6-14)7-15)9-4-5-10(18-9)11(16)17-3/h4-5,8,13-15H,6-7H2,1-3H3. The van der Waals surface area contributed by atoms with Crippen molar-refractivity contribution in [3.05, 3.63) is 23.7 Å². The quantitative estimate of drug-likeness (QED) is 0.641. The van der Waals surface area contributed by atoms with Crippen molar-refractivity contribution in [2.75, 3.05) is 20.3 Å². The number of carbonyl (C=O) groups is 1.